The van der Waals surface area contributed by atoms with Crippen molar-refractivity contribution in [2.45, 2.75) is 6.61 Å². The molecule has 5 nitrogen and oxygen atoms in total. The zero-order chi connectivity index (χ0) is 20.4. The first-order valence-corrected chi connectivity index (χ1v) is 10.0. The van der Waals surface area contributed by atoms with Crippen LogP contribution in [0, 0.1) is 11.6 Å². The Hall–Kier alpha value is -2.55. The molecule has 1 amide bonds. The molecule has 152 valence electrons. The molecule has 0 unspecified atom stereocenters. The Kier molecular flexibility index (Phi) is 5.75. The number of carbonyl (C=O) groups is 1. The van der Waals surface area contributed by atoms with Crippen LogP contribution in [0.2, 0.25) is 0 Å². The van der Waals surface area contributed by atoms with Gasteiger partial charge in [-0.05, 0) is 30.3 Å². The summed E-state index contributed by atoms with van der Waals surface area (Å²) in [4.78, 5) is 15.1. The highest BCUT2D eigenvalue weighted by atomic mass is 32.1. The lowest BCUT2D eigenvalue weighted by Gasteiger charge is -2.29. The van der Waals surface area contributed by atoms with E-state index in [2.05, 4.69) is 5.32 Å². The Labute approximate surface area is 170 Å². The first kappa shape index (κ1) is 19.8. The number of anilines is 2. The molecule has 1 fully saturated rings. The second-order valence-corrected chi connectivity index (χ2v) is 7.73. The van der Waals surface area contributed by atoms with Crippen LogP contribution in [0.15, 0.2) is 36.4 Å². The van der Waals surface area contributed by atoms with Crippen LogP contribution in [0.3, 0.4) is 0 Å². The highest BCUT2D eigenvalue weighted by Gasteiger charge is 2.21. The van der Waals surface area contributed by atoms with Gasteiger partial charge < -0.3 is 19.7 Å². The Morgan fingerprint density at radius 1 is 1.21 bits per heavy atom. The van der Waals surface area contributed by atoms with Gasteiger partial charge in [-0.2, -0.15) is 0 Å². The second-order valence-electron chi connectivity index (χ2n) is 6.68. The van der Waals surface area contributed by atoms with Crippen molar-refractivity contribution in [1.29, 1.82) is 0 Å². The van der Waals surface area contributed by atoms with Crippen LogP contribution in [0.1, 0.15) is 15.2 Å². The smallest absolute Gasteiger partial charge is 0.266 e. The number of halogens is 2. The van der Waals surface area contributed by atoms with Crippen molar-refractivity contribution in [3.8, 4) is 0 Å². The van der Waals surface area contributed by atoms with Gasteiger partial charge in [-0.3, -0.25) is 4.79 Å². The molecule has 0 radical (unpaired) electrons. The summed E-state index contributed by atoms with van der Waals surface area (Å²) in [5.74, 6) is -1.23. The zero-order valence-electron chi connectivity index (χ0n) is 15.8. The third-order valence-corrected chi connectivity index (χ3v) is 6.01. The number of methoxy groups -OCH3 is 1. The van der Waals surface area contributed by atoms with E-state index in [-0.39, 0.29) is 6.61 Å². The van der Waals surface area contributed by atoms with E-state index >= 15 is 0 Å². The van der Waals surface area contributed by atoms with Crippen molar-refractivity contribution < 1.29 is 23.0 Å². The van der Waals surface area contributed by atoms with E-state index in [0.717, 1.165) is 0 Å². The van der Waals surface area contributed by atoms with Gasteiger partial charge in [0.05, 0.1) is 30.4 Å². The molecule has 2 heterocycles. The molecule has 8 heteroatoms. The molecule has 3 aromatic rings. The lowest BCUT2D eigenvalue weighted by Crippen LogP contribution is -2.36. The summed E-state index contributed by atoms with van der Waals surface area (Å²) < 4.78 is 40.0. The van der Waals surface area contributed by atoms with Crippen LogP contribution in [0.4, 0.5) is 20.2 Å². The Balaban J connectivity index is 1.60. The fraction of sp³-hybridized carbons (Fsp3) is 0.286. The molecule has 1 N–H and O–H groups in total. The van der Waals surface area contributed by atoms with Crippen LogP contribution in [0.25, 0.3) is 10.1 Å². The van der Waals surface area contributed by atoms with Crippen LogP contribution in [-0.2, 0) is 16.1 Å². The summed E-state index contributed by atoms with van der Waals surface area (Å²) in [5.41, 5.74) is 1.31. The number of hydrogen-bond donors (Lipinski definition) is 1. The monoisotopic (exact) mass is 418 g/mol. The first-order chi connectivity index (χ1) is 14.1. The van der Waals surface area contributed by atoms with Crippen LogP contribution < -0.4 is 10.2 Å². The number of hydrogen-bond acceptors (Lipinski definition) is 5. The lowest BCUT2D eigenvalue weighted by atomic mass is 10.1. The van der Waals surface area contributed by atoms with Crippen molar-refractivity contribution in [2.75, 3.05) is 43.6 Å². The Bertz CT molecular complexity index is 1050. The second kappa shape index (κ2) is 8.44. The summed E-state index contributed by atoms with van der Waals surface area (Å²) in [7, 11) is 1.49. The number of morpholine rings is 1. The minimum Gasteiger partial charge on any atom is -0.380 e. The summed E-state index contributed by atoms with van der Waals surface area (Å²) >= 11 is 1.19. The summed E-state index contributed by atoms with van der Waals surface area (Å²) in [6, 6.07) is 9.33. The van der Waals surface area contributed by atoms with E-state index in [9.17, 15) is 13.6 Å². The van der Waals surface area contributed by atoms with Crippen molar-refractivity contribution in [3.05, 3.63) is 58.5 Å². The van der Waals surface area contributed by atoms with Crippen molar-refractivity contribution >= 4 is 38.7 Å². The number of amides is 1. The van der Waals surface area contributed by atoms with Gasteiger partial charge in [-0.25, -0.2) is 8.78 Å². The fourth-order valence-corrected chi connectivity index (χ4v) is 4.58. The van der Waals surface area contributed by atoms with Crippen LogP contribution in [0.5, 0.6) is 0 Å². The van der Waals surface area contributed by atoms with Crippen molar-refractivity contribution in [3.63, 3.8) is 0 Å². The summed E-state index contributed by atoms with van der Waals surface area (Å²) in [6.45, 7) is 2.46. The van der Waals surface area contributed by atoms with E-state index in [4.69, 9.17) is 9.47 Å². The number of nitrogens with zero attached hydrogens (tertiary/aromatic N) is 1. The van der Waals surface area contributed by atoms with E-state index in [1.54, 1.807) is 24.3 Å². The zero-order valence-corrected chi connectivity index (χ0v) is 16.7. The molecule has 29 heavy (non-hydrogen) atoms. The van der Waals surface area contributed by atoms with E-state index in [1.807, 2.05) is 4.90 Å². The fourth-order valence-electron chi connectivity index (χ4n) is 3.47. The normalized spacial score (nSPS) is 14.4. The van der Waals surface area contributed by atoms with E-state index in [0.29, 0.717) is 58.2 Å². The number of rotatable bonds is 5. The lowest BCUT2D eigenvalue weighted by molar-refractivity contribution is 0.102. The highest BCUT2D eigenvalue weighted by molar-refractivity contribution is 7.21. The standard InChI is InChI=1S/C21H20F2N2O3S/c1-27-12-14-19-15(22)3-2-4-18(19)29-20(14)21(26)24-13-5-6-17(16(23)11-13)25-7-9-28-10-8-25/h2-6,11H,7-10,12H2,1H3,(H,24,26). The Morgan fingerprint density at radius 3 is 2.72 bits per heavy atom. The number of carbonyl (C=O) groups excluding carboxylic acids is 1. The third kappa shape index (κ3) is 3.96. The molecule has 1 saturated heterocycles. The SMILES string of the molecule is COCc1c(C(=O)Nc2ccc(N3CCOCC3)c(F)c2)sc2cccc(F)c12. The van der Waals surface area contributed by atoms with Gasteiger partial charge in [-0.1, -0.05) is 6.07 Å². The number of nitrogens with one attached hydrogen (secondary N) is 1. The predicted octanol–water partition coefficient (Wildman–Crippen LogP) is 4.41. The maximum atomic E-state index is 14.6. The molecule has 1 aliphatic rings. The molecule has 0 aliphatic carbocycles. The molecular weight excluding hydrogens is 398 g/mol. The quantitative estimate of drug-likeness (QED) is 0.667. The van der Waals surface area contributed by atoms with Gasteiger partial charge in [0.1, 0.15) is 11.6 Å². The Morgan fingerprint density at radius 2 is 2.00 bits per heavy atom. The molecule has 1 aromatic heterocycles. The van der Waals surface area contributed by atoms with Crippen molar-refractivity contribution in [2.24, 2.45) is 0 Å². The van der Waals surface area contributed by atoms with Gasteiger partial charge in [0.2, 0.25) is 0 Å². The van der Waals surface area contributed by atoms with Gasteiger partial charge in [-0.15, -0.1) is 11.3 Å². The summed E-state index contributed by atoms with van der Waals surface area (Å²) in [6.07, 6.45) is 0. The minimum atomic E-state index is -0.420. The first-order valence-electron chi connectivity index (χ1n) is 9.21. The molecule has 0 atom stereocenters. The van der Waals surface area contributed by atoms with Crippen LogP contribution in [-0.4, -0.2) is 39.3 Å². The molecule has 0 saturated carbocycles. The maximum absolute atomic E-state index is 14.6. The largest absolute Gasteiger partial charge is 0.380 e. The van der Waals surface area contributed by atoms with Gasteiger partial charge >= 0.3 is 0 Å². The highest BCUT2D eigenvalue weighted by Crippen LogP contribution is 2.34. The predicted molar refractivity (Wildman–Crippen MR) is 110 cm³/mol. The number of fused-ring (bicyclic) bond motifs is 1. The van der Waals surface area contributed by atoms with Crippen LogP contribution >= 0.6 is 11.3 Å². The van der Waals surface area contributed by atoms with E-state index < -0.39 is 17.5 Å². The average molecular weight is 418 g/mol. The van der Waals surface area contributed by atoms with Gasteiger partial charge in [0, 0.05) is 41.5 Å². The number of ether oxygens (including phenoxy) is 2. The van der Waals surface area contributed by atoms with Gasteiger partial charge in [0.15, 0.2) is 0 Å². The third-order valence-electron chi connectivity index (χ3n) is 4.82. The molecule has 0 spiro atoms. The van der Waals surface area contributed by atoms with E-state index in [1.165, 1.54) is 30.6 Å². The average Bonchev–Trinajstić information content (AvgIpc) is 3.09. The van der Waals surface area contributed by atoms with Crippen molar-refractivity contribution in [1.82, 2.24) is 0 Å². The molecular formula is C21H20F2N2O3S. The molecule has 1 aliphatic heterocycles. The summed E-state index contributed by atoms with van der Waals surface area (Å²) in [5, 5.41) is 3.11. The number of thiophene rings is 1. The number of benzene rings is 2. The maximum Gasteiger partial charge on any atom is 0.266 e. The van der Waals surface area contributed by atoms with Gasteiger partial charge in [0.25, 0.3) is 5.91 Å². The molecule has 0 bridgehead atoms. The minimum absolute atomic E-state index is 0.105. The molecule has 2 aromatic carbocycles. The topological polar surface area (TPSA) is 50.8 Å². The molecule has 4 rings (SSSR count).